The number of aryl methyl sites for hydroxylation is 1. The Morgan fingerprint density at radius 2 is 2.10 bits per heavy atom. The van der Waals surface area contributed by atoms with E-state index in [1.165, 1.54) is 0 Å². The Kier molecular flexibility index (Phi) is 5.44. The molecule has 0 amide bonds. The van der Waals surface area contributed by atoms with E-state index < -0.39 is 0 Å². The van der Waals surface area contributed by atoms with Crippen LogP contribution < -0.4 is 0 Å². The Labute approximate surface area is 63.5 Å². The fourth-order valence-corrected chi connectivity index (χ4v) is 0.325. The van der Waals surface area contributed by atoms with Crippen molar-refractivity contribution >= 4 is 0 Å². The van der Waals surface area contributed by atoms with E-state index in [1.54, 1.807) is 6.20 Å². The van der Waals surface area contributed by atoms with Gasteiger partial charge in [0.15, 0.2) is 0 Å². The molecule has 0 fully saturated rings. The van der Waals surface area contributed by atoms with Crippen LogP contribution in [0.5, 0.6) is 0 Å². The van der Waals surface area contributed by atoms with Crippen molar-refractivity contribution < 1.29 is 1.43 Å². The summed E-state index contributed by atoms with van der Waals surface area (Å²) < 4.78 is 0. The van der Waals surface area contributed by atoms with Gasteiger partial charge in [0.05, 0.1) is 0 Å². The minimum Gasteiger partial charge on any atom is -0.283 e. The van der Waals surface area contributed by atoms with Crippen molar-refractivity contribution in [1.82, 2.24) is 10.2 Å². The summed E-state index contributed by atoms with van der Waals surface area (Å²) in [5.41, 5.74) is 1.11. The zero-order chi connectivity index (χ0) is 7.82. The summed E-state index contributed by atoms with van der Waals surface area (Å²) in [5.74, 6) is 0. The lowest BCUT2D eigenvalue weighted by Gasteiger charge is -1.68. The predicted octanol–water partition coefficient (Wildman–Crippen LogP) is 2.55. The zero-order valence-corrected chi connectivity index (χ0v) is 6.76. The Morgan fingerprint density at radius 3 is 2.20 bits per heavy atom. The van der Waals surface area contributed by atoms with Gasteiger partial charge < -0.3 is 0 Å². The summed E-state index contributed by atoms with van der Waals surface area (Å²) in [6.45, 7) is 5.97. The molecule has 0 radical (unpaired) electrons. The van der Waals surface area contributed by atoms with Crippen LogP contribution in [0.15, 0.2) is 24.4 Å². The molecule has 2 nitrogen and oxygen atoms in total. The van der Waals surface area contributed by atoms with Crippen molar-refractivity contribution in [3.05, 3.63) is 30.1 Å². The van der Waals surface area contributed by atoms with E-state index in [0.717, 1.165) is 5.69 Å². The van der Waals surface area contributed by atoms with E-state index in [1.807, 2.05) is 39.0 Å². The van der Waals surface area contributed by atoms with Crippen LogP contribution in [0.25, 0.3) is 0 Å². The Morgan fingerprint density at radius 1 is 1.50 bits per heavy atom. The third-order valence-electron chi connectivity index (χ3n) is 0.973. The minimum absolute atomic E-state index is 0. The summed E-state index contributed by atoms with van der Waals surface area (Å²) in [6, 6.07) is 1.92. The van der Waals surface area contributed by atoms with Crippen molar-refractivity contribution in [2.45, 2.75) is 20.8 Å². The van der Waals surface area contributed by atoms with Crippen molar-refractivity contribution in [2.75, 3.05) is 0 Å². The first kappa shape index (κ1) is 8.95. The quantitative estimate of drug-likeness (QED) is 0.551. The van der Waals surface area contributed by atoms with E-state index in [-0.39, 0.29) is 1.43 Å². The van der Waals surface area contributed by atoms with Gasteiger partial charge in [-0.1, -0.05) is 12.2 Å². The molecule has 0 saturated carbocycles. The number of hydrogen-bond donors (Lipinski definition) is 1. The first-order chi connectivity index (χ1) is 4.81. The van der Waals surface area contributed by atoms with E-state index in [2.05, 4.69) is 10.2 Å². The molecule has 0 saturated heterocycles. The third kappa shape index (κ3) is 5.09. The molecule has 58 valence electrons. The number of hydrogen-bond acceptors (Lipinski definition) is 1. The van der Waals surface area contributed by atoms with Crippen LogP contribution in [-0.4, -0.2) is 10.2 Å². The molecule has 0 aliphatic rings. The normalized spacial score (nSPS) is 9.10. The summed E-state index contributed by atoms with van der Waals surface area (Å²) >= 11 is 0. The monoisotopic (exact) mass is 140 g/mol. The lowest BCUT2D eigenvalue weighted by molar-refractivity contribution is 1.05. The molecule has 10 heavy (non-hydrogen) atoms. The number of aromatic nitrogens is 2. The van der Waals surface area contributed by atoms with Crippen molar-refractivity contribution in [2.24, 2.45) is 0 Å². The fourth-order valence-electron chi connectivity index (χ4n) is 0.325. The van der Waals surface area contributed by atoms with Gasteiger partial charge in [0.1, 0.15) is 0 Å². The molecule has 1 heterocycles. The van der Waals surface area contributed by atoms with E-state index in [9.17, 15) is 0 Å². The highest BCUT2D eigenvalue weighted by Gasteiger charge is 1.73. The second-order valence-corrected chi connectivity index (χ2v) is 1.91. The second-order valence-electron chi connectivity index (χ2n) is 1.91. The molecule has 0 spiro atoms. The van der Waals surface area contributed by atoms with Crippen LogP contribution in [0.2, 0.25) is 0 Å². The van der Waals surface area contributed by atoms with E-state index in [4.69, 9.17) is 0 Å². The Balaban J connectivity index is 0. The van der Waals surface area contributed by atoms with E-state index >= 15 is 0 Å². The average Bonchev–Trinajstić information content (AvgIpc) is 2.40. The van der Waals surface area contributed by atoms with Crippen LogP contribution in [0, 0.1) is 6.92 Å². The summed E-state index contributed by atoms with van der Waals surface area (Å²) in [6.07, 6.45) is 5.73. The number of allylic oxidation sites excluding steroid dienone is 2. The highest BCUT2D eigenvalue weighted by molar-refractivity contribution is 4.91. The summed E-state index contributed by atoms with van der Waals surface area (Å²) in [4.78, 5) is 0. The highest BCUT2D eigenvalue weighted by atomic mass is 15.1. The smallest absolute Gasteiger partial charge is 0.0489 e. The molecule has 2 heteroatoms. The Hall–Kier alpha value is -1.05. The number of H-pyrrole nitrogens is 1. The molecule has 0 aromatic carbocycles. The number of nitrogens with one attached hydrogen (secondary N) is 1. The number of nitrogens with zero attached hydrogens (tertiary/aromatic N) is 1. The van der Waals surface area contributed by atoms with Gasteiger partial charge in [-0.25, -0.2) is 0 Å². The molecular weight excluding hydrogens is 124 g/mol. The molecule has 1 N–H and O–H groups in total. The zero-order valence-electron chi connectivity index (χ0n) is 6.76. The lowest BCUT2D eigenvalue weighted by atomic mass is 10.5. The molecule has 1 aromatic heterocycles. The van der Waals surface area contributed by atoms with Crippen LogP contribution >= 0.6 is 0 Å². The minimum atomic E-state index is 0. The molecule has 0 aliphatic carbocycles. The van der Waals surface area contributed by atoms with Gasteiger partial charge in [0, 0.05) is 13.3 Å². The summed E-state index contributed by atoms with van der Waals surface area (Å²) in [7, 11) is 0. The second kappa shape index (κ2) is 6.08. The van der Waals surface area contributed by atoms with Gasteiger partial charge in [0.25, 0.3) is 0 Å². The van der Waals surface area contributed by atoms with Crippen LogP contribution in [0.3, 0.4) is 0 Å². The third-order valence-corrected chi connectivity index (χ3v) is 0.973. The van der Waals surface area contributed by atoms with Gasteiger partial charge in [-0.05, 0) is 26.8 Å². The van der Waals surface area contributed by atoms with Crippen LogP contribution in [0.1, 0.15) is 21.0 Å². The maximum Gasteiger partial charge on any atom is 0.0489 e. The SMILES string of the molecule is C/C=C/C.Cc1ccn[nH]1.[HH]. The predicted molar refractivity (Wildman–Crippen MR) is 45.9 cm³/mol. The maximum absolute atomic E-state index is 3.70. The summed E-state index contributed by atoms with van der Waals surface area (Å²) in [5, 5.41) is 6.45. The first-order valence-electron chi connectivity index (χ1n) is 3.34. The van der Waals surface area contributed by atoms with Crippen molar-refractivity contribution in [3.8, 4) is 0 Å². The van der Waals surface area contributed by atoms with Crippen LogP contribution in [-0.2, 0) is 0 Å². The Bertz CT molecular complexity index is 164. The molecule has 0 bridgehead atoms. The standard InChI is InChI=1S/C4H6N2.C4H8.H2/c1-4-2-3-5-6-4;1-3-4-2;/h2-3H,1H3,(H,5,6);3-4H,1-2H3;1H/b;4-3+;. The lowest BCUT2D eigenvalue weighted by Crippen LogP contribution is -1.65. The van der Waals surface area contributed by atoms with Crippen molar-refractivity contribution in [1.29, 1.82) is 0 Å². The van der Waals surface area contributed by atoms with E-state index in [0.29, 0.717) is 0 Å². The molecule has 1 rings (SSSR count). The number of aromatic amines is 1. The maximum atomic E-state index is 3.70. The molecule has 0 atom stereocenters. The topological polar surface area (TPSA) is 28.7 Å². The van der Waals surface area contributed by atoms with Gasteiger partial charge in [-0.3, -0.25) is 5.10 Å². The van der Waals surface area contributed by atoms with Gasteiger partial charge in [0.2, 0.25) is 0 Å². The first-order valence-corrected chi connectivity index (χ1v) is 3.34. The van der Waals surface area contributed by atoms with Gasteiger partial charge in [-0.2, -0.15) is 5.10 Å². The number of rotatable bonds is 0. The molecule has 0 aliphatic heterocycles. The van der Waals surface area contributed by atoms with Crippen LogP contribution in [0.4, 0.5) is 0 Å². The van der Waals surface area contributed by atoms with Gasteiger partial charge in [-0.15, -0.1) is 0 Å². The average molecular weight is 140 g/mol. The van der Waals surface area contributed by atoms with Gasteiger partial charge >= 0.3 is 0 Å². The fraction of sp³-hybridized carbons (Fsp3) is 0.375. The highest BCUT2D eigenvalue weighted by Crippen LogP contribution is 1.82. The molecule has 0 unspecified atom stereocenters. The molecular formula is C8H16N2. The largest absolute Gasteiger partial charge is 0.283 e. The van der Waals surface area contributed by atoms with Crippen molar-refractivity contribution in [3.63, 3.8) is 0 Å². The molecule has 1 aromatic rings.